The van der Waals surface area contributed by atoms with Gasteiger partial charge in [-0.3, -0.25) is 9.59 Å². The number of benzene rings is 1. The van der Waals surface area contributed by atoms with Gasteiger partial charge >= 0.3 is 17.7 Å². The zero-order valence-electron chi connectivity index (χ0n) is 19.4. The van der Waals surface area contributed by atoms with Crippen molar-refractivity contribution in [3.63, 3.8) is 0 Å². The Morgan fingerprint density at radius 3 is 2.35 bits per heavy atom. The molecule has 3 amide bonds. The van der Waals surface area contributed by atoms with Gasteiger partial charge in [-0.05, 0) is 46.8 Å². The number of halogens is 2. The van der Waals surface area contributed by atoms with Crippen LogP contribution >= 0.6 is 27.5 Å². The third-order valence-electron chi connectivity index (χ3n) is 4.30. The summed E-state index contributed by atoms with van der Waals surface area (Å²) in [6.45, 7) is 8.31. The fraction of sp³-hybridized carbons (Fsp3) is 0.455. The average Bonchev–Trinajstić information content (AvgIpc) is 2.73. The van der Waals surface area contributed by atoms with Gasteiger partial charge in [0.2, 0.25) is 11.8 Å². The van der Waals surface area contributed by atoms with Crippen molar-refractivity contribution in [2.24, 2.45) is 0 Å². The summed E-state index contributed by atoms with van der Waals surface area (Å²) in [6, 6.07) is 2.66. The highest BCUT2D eigenvalue weighted by molar-refractivity contribution is 9.09. The Labute approximate surface area is 209 Å². The monoisotopic (exact) mass is 559 g/mol. The first-order valence-electron chi connectivity index (χ1n) is 10.4. The van der Waals surface area contributed by atoms with Crippen LogP contribution in [0.4, 0.5) is 10.5 Å². The summed E-state index contributed by atoms with van der Waals surface area (Å²) in [7, 11) is 0. The number of nitrogens with one attached hydrogen (secondary N) is 3. The van der Waals surface area contributed by atoms with E-state index in [2.05, 4.69) is 31.9 Å². The van der Waals surface area contributed by atoms with Crippen molar-refractivity contribution in [3.05, 3.63) is 33.6 Å². The topological polar surface area (TPSA) is 136 Å². The minimum atomic E-state index is -0.939. The van der Waals surface area contributed by atoms with Crippen LogP contribution in [-0.4, -0.2) is 47.5 Å². The Bertz CT molecular complexity index is 1130. The van der Waals surface area contributed by atoms with Crippen molar-refractivity contribution in [2.45, 2.75) is 52.3 Å². The Kier molecular flexibility index (Phi) is 9.34. The van der Waals surface area contributed by atoms with Crippen molar-refractivity contribution < 1.29 is 28.3 Å². The van der Waals surface area contributed by atoms with Crippen LogP contribution in [0.2, 0.25) is 5.02 Å². The lowest BCUT2D eigenvalue weighted by atomic mass is 10.1. The van der Waals surface area contributed by atoms with Gasteiger partial charge in [-0.25, -0.2) is 9.59 Å². The molecule has 186 valence electrons. The second-order valence-electron chi connectivity index (χ2n) is 8.38. The molecule has 0 bridgehead atoms. The molecule has 2 rings (SSSR count). The number of hydrogen-bond donors (Lipinski definition) is 3. The van der Waals surface area contributed by atoms with Gasteiger partial charge < -0.3 is 29.8 Å². The molecule has 1 heterocycles. The molecule has 12 heteroatoms. The van der Waals surface area contributed by atoms with Gasteiger partial charge in [-0.2, -0.15) is 0 Å². The number of amides is 3. The molecular formula is C22H27BrClN3O7. The summed E-state index contributed by atoms with van der Waals surface area (Å²) in [5.41, 5.74) is -1.09. The van der Waals surface area contributed by atoms with Crippen LogP contribution in [0.25, 0.3) is 10.8 Å². The van der Waals surface area contributed by atoms with Crippen molar-refractivity contribution in [1.82, 2.24) is 10.6 Å². The van der Waals surface area contributed by atoms with E-state index in [9.17, 15) is 19.2 Å². The third-order valence-corrected chi connectivity index (χ3v) is 4.98. The Balaban J connectivity index is 2.04. The molecule has 0 radical (unpaired) electrons. The molecule has 0 saturated heterocycles. The van der Waals surface area contributed by atoms with Gasteiger partial charge in [0.05, 0.1) is 5.39 Å². The number of anilines is 1. The van der Waals surface area contributed by atoms with E-state index in [-0.39, 0.29) is 23.0 Å². The summed E-state index contributed by atoms with van der Waals surface area (Å²) < 4.78 is 15.6. The van der Waals surface area contributed by atoms with E-state index in [1.54, 1.807) is 32.9 Å². The molecule has 34 heavy (non-hydrogen) atoms. The summed E-state index contributed by atoms with van der Waals surface area (Å²) >= 11 is 9.48. The first-order valence-corrected chi connectivity index (χ1v) is 11.9. The standard InChI is InChI=1S/C22H27BrClN3O7/c1-11(25-17(28)12(2)26-21(31)34-22(3,4)5)18(29)27-13-6-7-14-15(10-13)19(30)33-20(16(14)24)32-9-8-23/h6-7,10-12H,8-9H2,1-5H3,(H,25,28)(H,26,31)(H,27,29). The smallest absolute Gasteiger partial charge is 0.408 e. The third kappa shape index (κ3) is 7.63. The minimum absolute atomic E-state index is 0.0825. The SMILES string of the molecule is CC(NC(=O)OC(C)(C)C)C(=O)NC(C)C(=O)Nc1ccc2c(Cl)c(OCCBr)oc(=O)c2c1. The van der Waals surface area contributed by atoms with Crippen LogP contribution in [-0.2, 0) is 14.3 Å². The van der Waals surface area contributed by atoms with Crippen molar-refractivity contribution in [1.29, 1.82) is 0 Å². The molecule has 1 aromatic heterocycles. The molecule has 10 nitrogen and oxygen atoms in total. The molecule has 1 aromatic carbocycles. The van der Waals surface area contributed by atoms with E-state index >= 15 is 0 Å². The predicted molar refractivity (Wildman–Crippen MR) is 132 cm³/mol. The summed E-state index contributed by atoms with van der Waals surface area (Å²) in [5.74, 6) is -1.19. The van der Waals surface area contributed by atoms with Crippen LogP contribution in [0.15, 0.2) is 27.4 Å². The van der Waals surface area contributed by atoms with Gasteiger partial charge in [0.25, 0.3) is 0 Å². The molecule has 0 aliphatic carbocycles. The van der Waals surface area contributed by atoms with Gasteiger partial charge in [0.1, 0.15) is 29.3 Å². The summed E-state index contributed by atoms with van der Waals surface area (Å²) in [6.07, 6.45) is -0.748. The predicted octanol–water partition coefficient (Wildman–Crippen LogP) is 3.58. The summed E-state index contributed by atoms with van der Waals surface area (Å²) in [4.78, 5) is 49.1. The van der Waals surface area contributed by atoms with Crippen LogP contribution in [0, 0.1) is 0 Å². The van der Waals surface area contributed by atoms with E-state index in [0.717, 1.165) is 0 Å². The van der Waals surface area contributed by atoms with Crippen molar-refractivity contribution in [3.8, 4) is 5.95 Å². The molecule has 2 atom stereocenters. The number of alkyl halides is 1. The summed E-state index contributed by atoms with van der Waals surface area (Å²) in [5, 5.41) is 8.76. The lowest BCUT2D eigenvalue weighted by Gasteiger charge is -2.22. The first-order chi connectivity index (χ1) is 15.8. The molecule has 2 aromatic rings. The van der Waals surface area contributed by atoms with Crippen LogP contribution in [0.1, 0.15) is 34.6 Å². The Morgan fingerprint density at radius 2 is 1.74 bits per heavy atom. The Hall–Kier alpha value is -2.79. The molecule has 0 fully saturated rings. The zero-order valence-corrected chi connectivity index (χ0v) is 21.8. The van der Waals surface area contributed by atoms with Gasteiger partial charge in [0, 0.05) is 16.4 Å². The van der Waals surface area contributed by atoms with Crippen LogP contribution in [0.5, 0.6) is 5.95 Å². The van der Waals surface area contributed by atoms with E-state index in [1.165, 1.54) is 19.9 Å². The highest BCUT2D eigenvalue weighted by atomic mass is 79.9. The number of alkyl carbamates (subject to hydrolysis) is 1. The molecule has 0 saturated carbocycles. The van der Waals surface area contributed by atoms with E-state index in [4.69, 9.17) is 25.5 Å². The lowest BCUT2D eigenvalue weighted by molar-refractivity contribution is -0.127. The second-order valence-corrected chi connectivity index (χ2v) is 9.55. The number of ether oxygens (including phenoxy) is 2. The highest BCUT2D eigenvalue weighted by Crippen LogP contribution is 2.32. The van der Waals surface area contributed by atoms with Gasteiger partial charge in [-0.15, -0.1) is 0 Å². The molecule has 3 N–H and O–H groups in total. The maximum absolute atomic E-state index is 12.6. The fourth-order valence-corrected chi connectivity index (χ4v) is 3.12. The van der Waals surface area contributed by atoms with Gasteiger partial charge in [0.15, 0.2) is 0 Å². The van der Waals surface area contributed by atoms with E-state index < -0.39 is 41.2 Å². The van der Waals surface area contributed by atoms with Gasteiger partial charge in [-0.1, -0.05) is 33.6 Å². The number of rotatable bonds is 8. The fourth-order valence-electron chi connectivity index (χ4n) is 2.70. The van der Waals surface area contributed by atoms with Crippen molar-refractivity contribution >= 4 is 61.9 Å². The number of carbonyl (C=O) groups is 3. The van der Waals surface area contributed by atoms with Crippen LogP contribution < -0.4 is 26.3 Å². The maximum atomic E-state index is 12.6. The van der Waals surface area contributed by atoms with E-state index in [1.807, 2.05) is 0 Å². The van der Waals surface area contributed by atoms with Crippen molar-refractivity contribution in [2.75, 3.05) is 17.3 Å². The minimum Gasteiger partial charge on any atom is -0.463 e. The largest absolute Gasteiger partial charge is 0.463 e. The molecule has 0 spiro atoms. The molecule has 0 aliphatic rings. The molecular weight excluding hydrogens is 534 g/mol. The second kappa shape index (κ2) is 11.6. The lowest BCUT2D eigenvalue weighted by Crippen LogP contribution is -2.51. The number of carbonyl (C=O) groups excluding carboxylic acids is 3. The zero-order chi connectivity index (χ0) is 25.6. The normalized spacial score (nSPS) is 13.0. The highest BCUT2D eigenvalue weighted by Gasteiger charge is 2.24. The molecule has 0 aliphatic heterocycles. The Morgan fingerprint density at radius 1 is 1.09 bits per heavy atom. The maximum Gasteiger partial charge on any atom is 0.408 e. The van der Waals surface area contributed by atoms with E-state index in [0.29, 0.717) is 16.4 Å². The number of hydrogen-bond acceptors (Lipinski definition) is 7. The quantitative estimate of drug-likeness (QED) is 0.420. The average molecular weight is 561 g/mol. The number of fused-ring (bicyclic) bond motifs is 1. The van der Waals surface area contributed by atoms with Crippen LogP contribution in [0.3, 0.4) is 0 Å². The molecule has 2 unspecified atom stereocenters. The first kappa shape index (κ1) is 27.5.